The van der Waals surface area contributed by atoms with E-state index >= 15 is 0 Å². The monoisotopic (exact) mass is 302 g/mol. The van der Waals surface area contributed by atoms with Gasteiger partial charge in [-0.2, -0.15) is 0 Å². The van der Waals surface area contributed by atoms with E-state index in [4.69, 9.17) is 11.5 Å². The minimum Gasteiger partial charge on any atom is -0.363 e. The van der Waals surface area contributed by atoms with Crippen LogP contribution >= 0.6 is 12.4 Å². The molecule has 1 atom stereocenters. The molecule has 1 saturated heterocycles. The maximum Gasteiger partial charge on any atom is 0.288 e. The average Bonchev–Trinajstić information content (AvgIpc) is 2.76. The summed E-state index contributed by atoms with van der Waals surface area (Å²) in [7, 11) is 0. The lowest BCUT2D eigenvalue weighted by molar-refractivity contribution is 0.0988. The third-order valence-electron chi connectivity index (χ3n) is 3.21. The van der Waals surface area contributed by atoms with Crippen LogP contribution in [0.15, 0.2) is 6.33 Å². The molecule has 20 heavy (non-hydrogen) atoms. The largest absolute Gasteiger partial charge is 0.363 e. The first-order valence-corrected chi connectivity index (χ1v) is 6.57. The van der Waals surface area contributed by atoms with Gasteiger partial charge in [-0.3, -0.25) is 9.69 Å². The van der Waals surface area contributed by atoms with E-state index in [-0.39, 0.29) is 29.8 Å². The molecular weight excluding hydrogens is 280 g/mol. The van der Waals surface area contributed by atoms with Crippen molar-refractivity contribution < 1.29 is 4.79 Å². The summed E-state index contributed by atoms with van der Waals surface area (Å²) in [5.74, 6) is -0.509. The van der Waals surface area contributed by atoms with Crippen LogP contribution in [0.1, 0.15) is 43.3 Å². The standard InChI is InChI=1S/C12H22N6O.ClH/c1-12(2,14)7-17-5-3-4-9(6-17)18-8-15-11(16-18)10(13)19;/h8-9H,3-7,14H2,1-2H3,(H2,13,19);1H. The van der Waals surface area contributed by atoms with Gasteiger partial charge in [-0.05, 0) is 33.2 Å². The maximum absolute atomic E-state index is 11.0. The van der Waals surface area contributed by atoms with Crippen LogP contribution in [0.2, 0.25) is 0 Å². The van der Waals surface area contributed by atoms with Crippen molar-refractivity contribution in [2.45, 2.75) is 38.3 Å². The fraction of sp³-hybridized carbons (Fsp3) is 0.750. The van der Waals surface area contributed by atoms with Crippen molar-refractivity contribution in [2.24, 2.45) is 11.5 Å². The number of likely N-dealkylation sites (tertiary alicyclic amines) is 1. The number of nitrogens with two attached hydrogens (primary N) is 2. The topological polar surface area (TPSA) is 103 Å². The Labute approximate surface area is 125 Å². The van der Waals surface area contributed by atoms with Crippen LogP contribution in [0.25, 0.3) is 0 Å². The van der Waals surface area contributed by atoms with Gasteiger partial charge in [0, 0.05) is 18.6 Å². The van der Waals surface area contributed by atoms with Crippen molar-refractivity contribution in [1.82, 2.24) is 19.7 Å². The van der Waals surface area contributed by atoms with Gasteiger partial charge in [0.25, 0.3) is 5.91 Å². The molecule has 7 nitrogen and oxygen atoms in total. The summed E-state index contributed by atoms with van der Waals surface area (Å²) >= 11 is 0. The molecule has 1 aliphatic heterocycles. The smallest absolute Gasteiger partial charge is 0.288 e. The van der Waals surface area contributed by atoms with Crippen LogP contribution in [0.4, 0.5) is 0 Å². The van der Waals surface area contributed by atoms with Gasteiger partial charge in [0.1, 0.15) is 6.33 Å². The predicted molar refractivity (Wildman–Crippen MR) is 78.8 cm³/mol. The Balaban J connectivity index is 0.00000200. The van der Waals surface area contributed by atoms with Crippen LogP contribution in [0, 0.1) is 0 Å². The van der Waals surface area contributed by atoms with Gasteiger partial charge in [-0.25, -0.2) is 9.67 Å². The number of carbonyl (C=O) groups is 1. The second kappa shape index (κ2) is 6.51. The molecule has 1 unspecified atom stereocenters. The Bertz CT molecular complexity index is 455. The van der Waals surface area contributed by atoms with Gasteiger partial charge < -0.3 is 11.5 Å². The first kappa shape index (κ1) is 16.9. The first-order valence-electron chi connectivity index (χ1n) is 6.57. The number of piperidine rings is 1. The van der Waals surface area contributed by atoms with E-state index in [1.165, 1.54) is 0 Å². The number of halogens is 1. The summed E-state index contributed by atoms with van der Waals surface area (Å²) in [5, 5.41) is 4.14. The van der Waals surface area contributed by atoms with Gasteiger partial charge in [-0.1, -0.05) is 0 Å². The third kappa shape index (κ3) is 4.43. The van der Waals surface area contributed by atoms with Crippen molar-refractivity contribution in [3.05, 3.63) is 12.2 Å². The van der Waals surface area contributed by atoms with Crippen LogP contribution in [-0.4, -0.2) is 50.7 Å². The zero-order valence-corrected chi connectivity index (χ0v) is 12.8. The summed E-state index contributed by atoms with van der Waals surface area (Å²) in [4.78, 5) is 17.3. The Morgan fingerprint density at radius 2 is 2.25 bits per heavy atom. The number of hydrogen-bond acceptors (Lipinski definition) is 5. The first-order chi connectivity index (χ1) is 8.85. The molecule has 1 amide bonds. The molecule has 0 aliphatic carbocycles. The van der Waals surface area contributed by atoms with Crippen molar-refractivity contribution in [3.8, 4) is 0 Å². The number of primary amides is 1. The normalized spacial score (nSPS) is 20.4. The Kier molecular flexibility index (Phi) is 5.50. The lowest BCUT2D eigenvalue weighted by Gasteiger charge is -2.36. The van der Waals surface area contributed by atoms with Crippen molar-refractivity contribution in [3.63, 3.8) is 0 Å². The molecule has 1 aromatic heterocycles. The molecule has 0 bridgehead atoms. The minimum atomic E-state index is -0.588. The van der Waals surface area contributed by atoms with Crippen LogP contribution in [0.3, 0.4) is 0 Å². The number of rotatable bonds is 4. The van der Waals surface area contributed by atoms with E-state index in [1.807, 2.05) is 13.8 Å². The van der Waals surface area contributed by atoms with Gasteiger partial charge in [0.05, 0.1) is 6.04 Å². The maximum atomic E-state index is 11.0. The zero-order valence-electron chi connectivity index (χ0n) is 12.0. The fourth-order valence-corrected chi connectivity index (χ4v) is 2.53. The van der Waals surface area contributed by atoms with Crippen LogP contribution in [-0.2, 0) is 0 Å². The van der Waals surface area contributed by atoms with Crippen molar-refractivity contribution in [1.29, 1.82) is 0 Å². The van der Waals surface area contributed by atoms with E-state index in [9.17, 15) is 4.79 Å². The van der Waals surface area contributed by atoms with E-state index in [0.717, 1.165) is 32.5 Å². The molecule has 2 rings (SSSR count). The SMILES string of the molecule is CC(C)(N)CN1CCCC(n2cnc(C(N)=O)n2)C1.Cl. The average molecular weight is 303 g/mol. The molecule has 0 saturated carbocycles. The minimum absolute atomic E-state index is 0. The quantitative estimate of drug-likeness (QED) is 0.825. The summed E-state index contributed by atoms with van der Waals surface area (Å²) in [6.07, 6.45) is 3.71. The van der Waals surface area contributed by atoms with Gasteiger partial charge in [-0.15, -0.1) is 17.5 Å². The molecule has 4 N–H and O–H groups in total. The van der Waals surface area contributed by atoms with Gasteiger partial charge in [0.2, 0.25) is 5.82 Å². The van der Waals surface area contributed by atoms with E-state index in [0.29, 0.717) is 0 Å². The second-order valence-electron chi connectivity index (χ2n) is 5.93. The summed E-state index contributed by atoms with van der Waals surface area (Å²) in [5.41, 5.74) is 11.0. The van der Waals surface area contributed by atoms with Gasteiger partial charge in [0.15, 0.2) is 0 Å². The Morgan fingerprint density at radius 1 is 1.55 bits per heavy atom. The Hall–Kier alpha value is -1.18. The van der Waals surface area contributed by atoms with E-state index < -0.39 is 5.91 Å². The number of hydrogen-bond donors (Lipinski definition) is 2. The van der Waals surface area contributed by atoms with E-state index in [1.54, 1.807) is 11.0 Å². The Morgan fingerprint density at radius 3 is 2.80 bits per heavy atom. The fourth-order valence-electron chi connectivity index (χ4n) is 2.53. The number of amides is 1. The molecule has 1 aromatic rings. The molecule has 1 fully saturated rings. The van der Waals surface area contributed by atoms with Crippen molar-refractivity contribution in [2.75, 3.05) is 19.6 Å². The van der Waals surface area contributed by atoms with E-state index in [2.05, 4.69) is 15.0 Å². The summed E-state index contributed by atoms with van der Waals surface area (Å²) in [6, 6.07) is 0.233. The molecule has 0 aromatic carbocycles. The molecule has 8 heteroatoms. The van der Waals surface area contributed by atoms with Crippen LogP contribution < -0.4 is 11.5 Å². The second-order valence-corrected chi connectivity index (χ2v) is 5.93. The summed E-state index contributed by atoms with van der Waals surface area (Å²) < 4.78 is 1.75. The molecule has 2 heterocycles. The highest BCUT2D eigenvalue weighted by atomic mass is 35.5. The third-order valence-corrected chi connectivity index (χ3v) is 3.21. The molecule has 114 valence electrons. The molecular formula is C12H23ClN6O. The lowest BCUT2D eigenvalue weighted by atomic mass is 10.0. The highest BCUT2D eigenvalue weighted by molar-refractivity contribution is 5.88. The molecule has 0 radical (unpaired) electrons. The van der Waals surface area contributed by atoms with Crippen molar-refractivity contribution >= 4 is 18.3 Å². The number of nitrogens with zero attached hydrogens (tertiary/aromatic N) is 4. The highest BCUT2D eigenvalue weighted by Gasteiger charge is 2.25. The highest BCUT2D eigenvalue weighted by Crippen LogP contribution is 2.21. The van der Waals surface area contributed by atoms with Gasteiger partial charge >= 0.3 is 0 Å². The lowest BCUT2D eigenvalue weighted by Crippen LogP contribution is -2.48. The van der Waals surface area contributed by atoms with Crippen LogP contribution in [0.5, 0.6) is 0 Å². The summed E-state index contributed by atoms with van der Waals surface area (Å²) in [6.45, 7) is 6.83. The number of aromatic nitrogens is 3. The predicted octanol–water partition coefficient (Wildman–Crippen LogP) is 0.173. The number of carbonyl (C=O) groups excluding carboxylic acids is 1. The molecule has 1 aliphatic rings. The molecule has 0 spiro atoms. The zero-order chi connectivity index (χ0) is 14.0.